The van der Waals surface area contributed by atoms with Crippen LogP contribution in [-0.4, -0.2) is 10.9 Å². The number of nitrogens with zero attached hydrogens (tertiary/aromatic N) is 1. The number of carbonyl (C=O) groups excluding carboxylic acids is 1. The second-order valence-corrected chi connectivity index (χ2v) is 3.03. The van der Waals surface area contributed by atoms with Crippen molar-refractivity contribution < 1.29 is 14.5 Å². The number of allylic oxidation sites excluding steroid dienone is 1. The molecule has 0 aromatic heterocycles. The third kappa shape index (κ3) is 3.53. The lowest BCUT2D eigenvalue weighted by molar-refractivity contribution is -0.384. The van der Waals surface area contributed by atoms with E-state index in [0.717, 1.165) is 0 Å². The molecule has 5 nitrogen and oxygen atoms in total. The highest BCUT2D eigenvalue weighted by Gasteiger charge is 2.04. The molecule has 0 heterocycles. The topological polar surface area (TPSA) is 69.4 Å². The quantitative estimate of drug-likeness (QED) is 0.338. The minimum atomic E-state index is -0.477. The monoisotopic (exact) mass is 221 g/mol. The molecule has 16 heavy (non-hydrogen) atoms. The molecule has 0 saturated heterocycles. The molecule has 84 valence electrons. The summed E-state index contributed by atoms with van der Waals surface area (Å²) in [4.78, 5) is 20.9. The number of carbonyl (C=O) groups is 1. The van der Waals surface area contributed by atoms with E-state index in [1.807, 2.05) is 0 Å². The maximum atomic E-state index is 11.0. The van der Waals surface area contributed by atoms with Crippen molar-refractivity contribution in [2.75, 3.05) is 0 Å². The van der Waals surface area contributed by atoms with E-state index in [1.165, 1.54) is 18.2 Å². The molecule has 0 radical (unpaired) electrons. The third-order valence-corrected chi connectivity index (χ3v) is 1.83. The van der Waals surface area contributed by atoms with Crippen molar-refractivity contribution in [2.24, 2.45) is 0 Å². The number of nitro benzene ring substituents is 1. The Balaban J connectivity index is 2.56. The minimum Gasteiger partial charge on any atom is -0.458 e. The molecule has 0 fully saturated rings. The Morgan fingerprint density at radius 1 is 1.44 bits per heavy atom. The Bertz CT molecular complexity index is 408. The van der Waals surface area contributed by atoms with Gasteiger partial charge < -0.3 is 4.74 Å². The van der Waals surface area contributed by atoms with Crippen LogP contribution in [0.3, 0.4) is 0 Å². The van der Waals surface area contributed by atoms with E-state index < -0.39 is 10.9 Å². The molecule has 0 bridgehead atoms. The van der Waals surface area contributed by atoms with E-state index in [2.05, 4.69) is 0 Å². The van der Waals surface area contributed by atoms with Crippen LogP contribution in [0, 0.1) is 10.1 Å². The molecule has 1 aromatic carbocycles. The molecule has 0 amide bonds. The van der Waals surface area contributed by atoms with Gasteiger partial charge in [-0.25, -0.2) is 4.79 Å². The summed E-state index contributed by atoms with van der Waals surface area (Å²) in [5.41, 5.74) is 0.729. The fourth-order valence-corrected chi connectivity index (χ4v) is 1.05. The highest BCUT2D eigenvalue weighted by molar-refractivity contribution is 5.81. The molecule has 5 heteroatoms. The lowest BCUT2D eigenvalue weighted by Crippen LogP contribution is -2.00. The summed E-state index contributed by atoms with van der Waals surface area (Å²) in [7, 11) is 0. The molecule has 0 saturated carbocycles. The molecule has 0 unspecified atom stereocenters. The van der Waals surface area contributed by atoms with Crippen molar-refractivity contribution in [3.8, 4) is 0 Å². The zero-order valence-corrected chi connectivity index (χ0v) is 8.75. The van der Waals surface area contributed by atoms with E-state index in [9.17, 15) is 14.9 Å². The molecule has 1 rings (SSSR count). The highest BCUT2D eigenvalue weighted by Crippen LogP contribution is 2.12. The van der Waals surface area contributed by atoms with Crippen molar-refractivity contribution in [2.45, 2.75) is 13.5 Å². The van der Waals surface area contributed by atoms with Crippen LogP contribution in [0.2, 0.25) is 0 Å². The van der Waals surface area contributed by atoms with Gasteiger partial charge in [-0.15, -0.1) is 0 Å². The van der Waals surface area contributed by atoms with Crippen LogP contribution in [0.25, 0.3) is 0 Å². The van der Waals surface area contributed by atoms with Crippen LogP contribution in [0.4, 0.5) is 5.69 Å². The first kappa shape index (κ1) is 11.9. The minimum absolute atomic E-state index is 0.0172. The number of nitro groups is 1. The SMILES string of the molecule is CC=CC(=O)OCc1ccc([N+](=O)[O-])cc1. The number of hydrogen-bond donors (Lipinski definition) is 0. The molecule has 0 aliphatic carbocycles. The van der Waals surface area contributed by atoms with Gasteiger partial charge >= 0.3 is 5.97 Å². The summed E-state index contributed by atoms with van der Waals surface area (Å²) in [6.07, 6.45) is 2.89. The number of rotatable bonds is 4. The largest absolute Gasteiger partial charge is 0.458 e. The van der Waals surface area contributed by atoms with Gasteiger partial charge in [0, 0.05) is 18.2 Å². The van der Waals surface area contributed by atoms with Gasteiger partial charge in [0.1, 0.15) is 6.61 Å². The summed E-state index contributed by atoms with van der Waals surface area (Å²) in [6.45, 7) is 1.83. The fourth-order valence-electron chi connectivity index (χ4n) is 1.05. The van der Waals surface area contributed by atoms with Crippen molar-refractivity contribution in [3.05, 3.63) is 52.1 Å². The van der Waals surface area contributed by atoms with Gasteiger partial charge in [0.25, 0.3) is 5.69 Å². The lowest BCUT2D eigenvalue weighted by atomic mass is 10.2. The van der Waals surface area contributed by atoms with Crippen molar-refractivity contribution in [1.29, 1.82) is 0 Å². The molecule has 0 spiro atoms. The molecule has 1 aromatic rings. The first-order chi connectivity index (χ1) is 7.63. The van der Waals surface area contributed by atoms with Crippen molar-refractivity contribution >= 4 is 11.7 Å². The van der Waals surface area contributed by atoms with E-state index in [0.29, 0.717) is 5.56 Å². The molecule has 0 aliphatic rings. The van der Waals surface area contributed by atoms with Gasteiger partial charge in [0.2, 0.25) is 0 Å². The van der Waals surface area contributed by atoms with Crippen LogP contribution in [-0.2, 0) is 16.1 Å². The molecular formula is C11H11NO4. The van der Waals surface area contributed by atoms with E-state index in [4.69, 9.17) is 4.74 Å². The summed E-state index contributed by atoms with van der Waals surface area (Å²) in [5.74, 6) is -0.430. The Kier molecular flexibility index (Phi) is 4.20. The van der Waals surface area contributed by atoms with Gasteiger partial charge in [-0.1, -0.05) is 6.08 Å². The number of ether oxygens (including phenoxy) is 1. The van der Waals surface area contributed by atoms with Crippen molar-refractivity contribution in [1.82, 2.24) is 0 Å². The van der Waals surface area contributed by atoms with E-state index >= 15 is 0 Å². The van der Waals surface area contributed by atoms with Crippen LogP contribution < -0.4 is 0 Å². The summed E-state index contributed by atoms with van der Waals surface area (Å²) in [5, 5.41) is 10.4. The Morgan fingerprint density at radius 3 is 2.56 bits per heavy atom. The predicted octanol–water partition coefficient (Wildman–Crippen LogP) is 2.21. The summed E-state index contributed by atoms with van der Waals surface area (Å²) in [6, 6.07) is 5.86. The van der Waals surface area contributed by atoms with Crippen LogP contribution in [0.5, 0.6) is 0 Å². The Morgan fingerprint density at radius 2 is 2.06 bits per heavy atom. The molecule has 0 aliphatic heterocycles. The second-order valence-electron chi connectivity index (χ2n) is 3.03. The Labute approximate surface area is 92.5 Å². The number of esters is 1. The van der Waals surface area contributed by atoms with Gasteiger partial charge in [-0.2, -0.15) is 0 Å². The molecule has 0 atom stereocenters. The standard InChI is InChI=1S/C11H11NO4/c1-2-3-11(13)16-8-9-4-6-10(7-5-9)12(14)15/h2-7H,8H2,1H3. The van der Waals surface area contributed by atoms with Gasteiger partial charge in [-0.3, -0.25) is 10.1 Å². The highest BCUT2D eigenvalue weighted by atomic mass is 16.6. The third-order valence-electron chi connectivity index (χ3n) is 1.83. The maximum absolute atomic E-state index is 11.0. The first-order valence-electron chi connectivity index (χ1n) is 4.66. The number of hydrogen-bond acceptors (Lipinski definition) is 4. The van der Waals surface area contributed by atoms with Gasteiger partial charge in [-0.05, 0) is 24.6 Å². The fraction of sp³-hybridized carbons (Fsp3) is 0.182. The zero-order chi connectivity index (χ0) is 12.0. The van der Waals surface area contributed by atoms with Crippen LogP contribution in [0.1, 0.15) is 12.5 Å². The van der Waals surface area contributed by atoms with Gasteiger partial charge in [0.05, 0.1) is 4.92 Å². The van der Waals surface area contributed by atoms with E-state index in [-0.39, 0.29) is 12.3 Å². The van der Waals surface area contributed by atoms with E-state index in [1.54, 1.807) is 25.1 Å². The smallest absolute Gasteiger partial charge is 0.330 e. The zero-order valence-electron chi connectivity index (χ0n) is 8.75. The lowest BCUT2D eigenvalue weighted by Gasteiger charge is -2.01. The van der Waals surface area contributed by atoms with Crippen molar-refractivity contribution in [3.63, 3.8) is 0 Å². The maximum Gasteiger partial charge on any atom is 0.330 e. The Hall–Kier alpha value is -2.17. The number of non-ortho nitro benzene ring substituents is 1. The second kappa shape index (κ2) is 5.65. The summed E-state index contributed by atoms with van der Waals surface area (Å²) >= 11 is 0. The van der Waals surface area contributed by atoms with Crippen LogP contribution in [0.15, 0.2) is 36.4 Å². The predicted molar refractivity (Wildman–Crippen MR) is 57.7 cm³/mol. The van der Waals surface area contributed by atoms with Gasteiger partial charge in [0.15, 0.2) is 0 Å². The normalized spacial score (nSPS) is 10.3. The first-order valence-corrected chi connectivity index (χ1v) is 4.66. The average molecular weight is 221 g/mol. The summed E-state index contributed by atoms with van der Waals surface area (Å²) < 4.78 is 4.87. The number of benzene rings is 1. The molecular weight excluding hydrogens is 210 g/mol. The molecule has 0 N–H and O–H groups in total. The van der Waals surface area contributed by atoms with Crippen LogP contribution >= 0.6 is 0 Å². The average Bonchev–Trinajstić information content (AvgIpc) is 2.27.